The van der Waals surface area contributed by atoms with Gasteiger partial charge >= 0.3 is 0 Å². The molecule has 0 radical (unpaired) electrons. The SMILES string of the molecule is Cc1cc(CN2CCN(Cc3n[nH]c(C)n3)CC2)c2c(n1)CCCC2. The second-order valence-electron chi connectivity index (χ2n) is 7.44. The van der Waals surface area contributed by atoms with Crippen LogP contribution in [-0.4, -0.2) is 56.1 Å². The summed E-state index contributed by atoms with van der Waals surface area (Å²) < 4.78 is 0. The summed E-state index contributed by atoms with van der Waals surface area (Å²) in [5, 5.41) is 7.19. The quantitative estimate of drug-likeness (QED) is 0.923. The molecule has 0 amide bonds. The maximum atomic E-state index is 4.78. The van der Waals surface area contributed by atoms with Gasteiger partial charge in [0.05, 0.1) is 6.54 Å². The average Bonchev–Trinajstić information content (AvgIpc) is 3.01. The van der Waals surface area contributed by atoms with Gasteiger partial charge in [-0.1, -0.05) is 0 Å². The second kappa shape index (κ2) is 7.22. The van der Waals surface area contributed by atoms with Crippen molar-refractivity contribution < 1.29 is 0 Å². The number of rotatable bonds is 4. The molecular formula is C19H28N6. The Kier molecular flexibility index (Phi) is 4.81. The first-order valence-electron chi connectivity index (χ1n) is 9.48. The summed E-state index contributed by atoms with van der Waals surface area (Å²) in [4.78, 5) is 14.2. The van der Waals surface area contributed by atoms with Crippen LogP contribution < -0.4 is 0 Å². The van der Waals surface area contributed by atoms with Crippen molar-refractivity contribution in [1.82, 2.24) is 30.0 Å². The van der Waals surface area contributed by atoms with Gasteiger partial charge in [-0.05, 0) is 56.7 Å². The Balaban J connectivity index is 1.36. The molecule has 1 fully saturated rings. The van der Waals surface area contributed by atoms with Crippen LogP contribution in [0.2, 0.25) is 0 Å². The summed E-state index contributed by atoms with van der Waals surface area (Å²) >= 11 is 0. The highest BCUT2D eigenvalue weighted by Crippen LogP contribution is 2.25. The van der Waals surface area contributed by atoms with Gasteiger partial charge in [-0.15, -0.1) is 0 Å². The molecule has 4 rings (SSSR count). The van der Waals surface area contributed by atoms with Gasteiger partial charge in [0, 0.05) is 44.1 Å². The van der Waals surface area contributed by atoms with Crippen LogP contribution in [0.25, 0.3) is 0 Å². The van der Waals surface area contributed by atoms with Crippen LogP contribution in [0, 0.1) is 13.8 Å². The van der Waals surface area contributed by atoms with Crippen molar-refractivity contribution in [2.24, 2.45) is 0 Å². The third-order valence-corrected chi connectivity index (χ3v) is 5.39. The lowest BCUT2D eigenvalue weighted by Gasteiger charge is -2.34. The van der Waals surface area contributed by atoms with Gasteiger partial charge in [-0.25, -0.2) is 4.98 Å². The van der Waals surface area contributed by atoms with E-state index in [1.807, 2.05) is 6.92 Å². The predicted octanol–water partition coefficient (Wildman–Crippen LogP) is 2.01. The van der Waals surface area contributed by atoms with E-state index in [0.29, 0.717) is 0 Å². The minimum absolute atomic E-state index is 0.849. The topological polar surface area (TPSA) is 60.9 Å². The molecule has 3 heterocycles. The molecule has 25 heavy (non-hydrogen) atoms. The van der Waals surface area contributed by atoms with E-state index < -0.39 is 0 Å². The summed E-state index contributed by atoms with van der Waals surface area (Å²) in [5.74, 6) is 1.80. The highest BCUT2D eigenvalue weighted by molar-refractivity contribution is 5.34. The van der Waals surface area contributed by atoms with Crippen molar-refractivity contribution in [2.75, 3.05) is 26.2 Å². The molecule has 0 atom stereocenters. The van der Waals surface area contributed by atoms with Crippen LogP contribution >= 0.6 is 0 Å². The van der Waals surface area contributed by atoms with Crippen LogP contribution in [0.4, 0.5) is 0 Å². The molecule has 6 heteroatoms. The number of aromatic amines is 1. The van der Waals surface area contributed by atoms with E-state index in [0.717, 1.165) is 57.3 Å². The van der Waals surface area contributed by atoms with Gasteiger partial charge in [-0.3, -0.25) is 19.9 Å². The standard InChI is InChI=1S/C19H28N6/c1-14-11-16(17-5-3-4-6-18(17)20-14)12-24-7-9-25(10-8-24)13-19-21-15(2)22-23-19/h11H,3-10,12-13H2,1-2H3,(H,21,22,23). The van der Waals surface area contributed by atoms with Crippen LogP contribution in [-0.2, 0) is 25.9 Å². The Bertz CT molecular complexity index is 730. The van der Waals surface area contributed by atoms with Crippen LogP contribution in [0.1, 0.15) is 47.0 Å². The monoisotopic (exact) mass is 340 g/mol. The van der Waals surface area contributed by atoms with Gasteiger partial charge in [0.2, 0.25) is 0 Å². The van der Waals surface area contributed by atoms with Crippen molar-refractivity contribution in [3.63, 3.8) is 0 Å². The number of aryl methyl sites for hydroxylation is 3. The highest BCUT2D eigenvalue weighted by Gasteiger charge is 2.21. The number of piperazine rings is 1. The summed E-state index contributed by atoms with van der Waals surface area (Å²) in [6.45, 7) is 10.4. The summed E-state index contributed by atoms with van der Waals surface area (Å²) in [5.41, 5.74) is 5.59. The fourth-order valence-corrected chi connectivity index (χ4v) is 4.09. The fraction of sp³-hybridized carbons (Fsp3) is 0.632. The van der Waals surface area contributed by atoms with Gasteiger partial charge in [0.15, 0.2) is 5.82 Å². The molecule has 0 spiro atoms. The molecule has 0 aromatic carbocycles. The molecule has 1 saturated heterocycles. The summed E-state index contributed by atoms with van der Waals surface area (Å²) in [6, 6.07) is 2.31. The number of nitrogens with one attached hydrogen (secondary N) is 1. The number of hydrogen-bond acceptors (Lipinski definition) is 5. The minimum atomic E-state index is 0.849. The molecule has 6 nitrogen and oxygen atoms in total. The molecule has 134 valence electrons. The van der Waals surface area contributed by atoms with Gasteiger partial charge < -0.3 is 0 Å². The van der Waals surface area contributed by atoms with Gasteiger partial charge in [-0.2, -0.15) is 5.10 Å². The molecule has 0 unspecified atom stereocenters. The Morgan fingerprint density at radius 3 is 2.40 bits per heavy atom. The third kappa shape index (κ3) is 3.90. The summed E-state index contributed by atoms with van der Waals surface area (Å²) in [6.07, 6.45) is 4.98. The number of hydrogen-bond donors (Lipinski definition) is 1. The van der Waals surface area contributed by atoms with Crippen molar-refractivity contribution in [3.05, 3.63) is 40.2 Å². The Labute approximate surface area is 149 Å². The Morgan fingerprint density at radius 1 is 0.960 bits per heavy atom. The van der Waals surface area contributed by atoms with Crippen molar-refractivity contribution in [1.29, 1.82) is 0 Å². The number of aromatic nitrogens is 4. The van der Waals surface area contributed by atoms with E-state index in [2.05, 4.69) is 38.0 Å². The summed E-state index contributed by atoms with van der Waals surface area (Å²) in [7, 11) is 0. The van der Waals surface area contributed by atoms with Gasteiger partial charge in [0.25, 0.3) is 0 Å². The van der Waals surface area contributed by atoms with Crippen LogP contribution in [0.5, 0.6) is 0 Å². The number of pyridine rings is 1. The average molecular weight is 340 g/mol. The van der Waals surface area contributed by atoms with E-state index in [1.54, 1.807) is 0 Å². The molecule has 1 aliphatic heterocycles. The third-order valence-electron chi connectivity index (χ3n) is 5.39. The van der Waals surface area contributed by atoms with E-state index in [-0.39, 0.29) is 0 Å². The molecule has 2 aromatic heterocycles. The van der Waals surface area contributed by atoms with E-state index in [9.17, 15) is 0 Å². The van der Waals surface area contributed by atoms with Crippen molar-refractivity contribution >= 4 is 0 Å². The molecule has 0 bridgehead atoms. The Morgan fingerprint density at radius 2 is 1.68 bits per heavy atom. The fourth-order valence-electron chi connectivity index (χ4n) is 4.09. The lowest BCUT2D eigenvalue weighted by Crippen LogP contribution is -2.45. The van der Waals surface area contributed by atoms with Crippen molar-refractivity contribution in [3.8, 4) is 0 Å². The molecule has 2 aliphatic rings. The van der Waals surface area contributed by atoms with Gasteiger partial charge in [0.1, 0.15) is 5.82 Å². The lowest BCUT2D eigenvalue weighted by molar-refractivity contribution is 0.119. The zero-order chi connectivity index (χ0) is 17.2. The molecule has 2 aromatic rings. The van der Waals surface area contributed by atoms with E-state index in [4.69, 9.17) is 4.98 Å². The zero-order valence-electron chi connectivity index (χ0n) is 15.4. The number of H-pyrrole nitrogens is 1. The molecule has 1 N–H and O–H groups in total. The first-order chi connectivity index (χ1) is 12.2. The number of nitrogens with zero attached hydrogens (tertiary/aromatic N) is 5. The van der Waals surface area contributed by atoms with E-state index >= 15 is 0 Å². The smallest absolute Gasteiger partial charge is 0.164 e. The van der Waals surface area contributed by atoms with Crippen LogP contribution in [0.3, 0.4) is 0 Å². The maximum absolute atomic E-state index is 4.78. The Hall–Kier alpha value is -1.79. The van der Waals surface area contributed by atoms with Crippen molar-refractivity contribution in [2.45, 2.75) is 52.6 Å². The minimum Gasteiger partial charge on any atom is -0.297 e. The highest BCUT2D eigenvalue weighted by atomic mass is 15.3. The second-order valence-corrected chi connectivity index (χ2v) is 7.44. The largest absolute Gasteiger partial charge is 0.297 e. The number of fused-ring (bicyclic) bond motifs is 1. The molecular weight excluding hydrogens is 312 g/mol. The lowest BCUT2D eigenvalue weighted by atomic mass is 9.91. The normalized spacial score (nSPS) is 19.1. The van der Waals surface area contributed by atoms with E-state index in [1.165, 1.54) is 41.8 Å². The van der Waals surface area contributed by atoms with Crippen LogP contribution in [0.15, 0.2) is 6.07 Å². The zero-order valence-corrected chi connectivity index (χ0v) is 15.4. The maximum Gasteiger partial charge on any atom is 0.164 e. The molecule has 1 aliphatic carbocycles. The first-order valence-corrected chi connectivity index (χ1v) is 9.48. The first kappa shape index (κ1) is 16.7. The predicted molar refractivity (Wildman–Crippen MR) is 97.3 cm³/mol. The molecule has 0 saturated carbocycles.